The lowest BCUT2D eigenvalue weighted by Crippen LogP contribution is -2.12. The van der Waals surface area contributed by atoms with E-state index in [1.807, 2.05) is 36.4 Å². The van der Waals surface area contributed by atoms with Gasteiger partial charge >= 0.3 is 0 Å². The quantitative estimate of drug-likeness (QED) is 0.569. The highest BCUT2D eigenvalue weighted by atomic mass is 16.5. The zero-order valence-corrected chi connectivity index (χ0v) is 16.0. The Labute approximate surface area is 156 Å². The molecule has 4 heteroatoms. The van der Waals surface area contributed by atoms with Gasteiger partial charge in [-0.1, -0.05) is 39.7 Å². The monoisotopic (exact) mass is 355 g/mol. The zero-order chi connectivity index (χ0) is 18.8. The Kier molecular flexibility index (Phi) is 8.00. The average Bonchev–Trinajstić information content (AvgIpc) is 2.64. The Hall–Kier alpha value is -2.49. The van der Waals surface area contributed by atoms with Crippen LogP contribution in [0.25, 0.3) is 0 Å². The fraction of sp³-hybridized carbons (Fsp3) is 0.409. The van der Waals surface area contributed by atoms with Crippen LogP contribution in [0.15, 0.2) is 48.5 Å². The molecule has 0 aliphatic rings. The molecule has 0 radical (unpaired) electrons. The maximum absolute atomic E-state index is 12.4. The van der Waals surface area contributed by atoms with Gasteiger partial charge in [0.1, 0.15) is 11.5 Å². The van der Waals surface area contributed by atoms with E-state index in [9.17, 15) is 4.79 Å². The van der Waals surface area contributed by atoms with E-state index < -0.39 is 0 Å². The summed E-state index contributed by atoms with van der Waals surface area (Å²) in [5.74, 6) is 1.86. The number of unbranched alkanes of at least 4 members (excludes halogenated alkanes) is 2. The summed E-state index contributed by atoms with van der Waals surface area (Å²) in [6.07, 6.45) is 3.39. The van der Waals surface area contributed by atoms with E-state index in [4.69, 9.17) is 9.47 Å². The van der Waals surface area contributed by atoms with E-state index >= 15 is 0 Å². The Morgan fingerprint density at radius 2 is 1.77 bits per heavy atom. The van der Waals surface area contributed by atoms with E-state index in [-0.39, 0.29) is 5.91 Å². The minimum Gasteiger partial charge on any atom is -0.494 e. The second-order valence-corrected chi connectivity index (χ2v) is 6.77. The van der Waals surface area contributed by atoms with Crippen LogP contribution in [-0.2, 0) is 0 Å². The van der Waals surface area contributed by atoms with Crippen molar-refractivity contribution < 1.29 is 14.3 Å². The first-order valence-electron chi connectivity index (χ1n) is 9.35. The van der Waals surface area contributed by atoms with Crippen LogP contribution in [0.4, 0.5) is 5.69 Å². The molecule has 0 atom stereocenters. The third-order valence-electron chi connectivity index (χ3n) is 3.81. The van der Waals surface area contributed by atoms with Crippen molar-refractivity contribution in [1.29, 1.82) is 0 Å². The summed E-state index contributed by atoms with van der Waals surface area (Å²) in [5, 5.41) is 2.91. The highest BCUT2D eigenvalue weighted by Gasteiger charge is 2.07. The second-order valence-electron chi connectivity index (χ2n) is 6.77. The molecule has 0 aliphatic heterocycles. The van der Waals surface area contributed by atoms with Gasteiger partial charge in [0.25, 0.3) is 5.91 Å². The molecular formula is C22H29NO3. The first-order chi connectivity index (χ1) is 12.6. The predicted octanol–water partition coefficient (Wildman–Crippen LogP) is 5.54. The van der Waals surface area contributed by atoms with E-state index in [0.717, 1.165) is 23.6 Å². The van der Waals surface area contributed by atoms with E-state index in [2.05, 4.69) is 26.1 Å². The van der Waals surface area contributed by atoms with Crippen LogP contribution in [0.2, 0.25) is 0 Å². The molecule has 2 rings (SSSR count). The number of carbonyl (C=O) groups excluding carboxylic acids is 1. The zero-order valence-electron chi connectivity index (χ0n) is 16.0. The number of ether oxygens (including phenoxy) is 2. The summed E-state index contributed by atoms with van der Waals surface area (Å²) in [6, 6.07) is 14.7. The summed E-state index contributed by atoms with van der Waals surface area (Å²) in [5.41, 5.74) is 1.32. The Morgan fingerprint density at radius 1 is 1.00 bits per heavy atom. The van der Waals surface area contributed by atoms with E-state index in [1.54, 1.807) is 12.1 Å². The van der Waals surface area contributed by atoms with Crippen LogP contribution in [0.5, 0.6) is 11.5 Å². The van der Waals surface area contributed by atoms with Gasteiger partial charge in [0.05, 0.1) is 13.2 Å². The van der Waals surface area contributed by atoms with Crippen LogP contribution in [-0.4, -0.2) is 19.1 Å². The number of hydrogen-bond donors (Lipinski definition) is 1. The van der Waals surface area contributed by atoms with Crippen molar-refractivity contribution in [3.63, 3.8) is 0 Å². The minimum atomic E-state index is -0.149. The maximum atomic E-state index is 12.4. The number of anilines is 1. The van der Waals surface area contributed by atoms with Crippen LogP contribution in [0, 0.1) is 5.92 Å². The van der Waals surface area contributed by atoms with Crippen LogP contribution in [0.1, 0.15) is 50.4 Å². The largest absolute Gasteiger partial charge is 0.494 e. The molecule has 0 aromatic heterocycles. The molecule has 0 saturated carbocycles. The molecule has 0 heterocycles. The highest BCUT2D eigenvalue weighted by molar-refractivity contribution is 6.04. The Morgan fingerprint density at radius 3 is 2.46 bits per heavy atom. The van der Waals surface area contributed by atoms with Gasteiger partial charge in [-0.2, -0.15) is 0 Å². The summed E-state index contributed by atoms with van der Waals surface area (Å²) in [7, 11) is 0. The lowest BCUT2D eigenvalue weighted by atomic mass is 10.2. The molecule has 0 saturated heterocycles. The standard InChI is InChI=1S/C22H29NO3/c1-4-5-6-14-25-20-12-10-18(11-13-20)22(24)23-19-8-7-9-21(15-19)26-16-17(2)3/h7-13,15,17H,4-6,14,16H2,1-3H3,(H,23,24). The summed E-state index contributed by atoms with van der Waals surface area (Å²) < 4.78 is 11.4. The van der Waals surface area contributed by atoms with Gasteiger partial charge in [-0.3, -0.25) is 4.79 Å². The number of amides is 1. The SMILES string of the molecule is CCCCCOc1ccc(C(=O)Nc2cccc(OCC(C)C)c2)cc1. The molecule has 2 aromatic rings. The van der Waals surface area contributed by atoms with Gasteiger partial charge in [0, 0.05) is 17.3 Å². The lowest BCUT2D eigenvalue weighted by molar-refractivity contribution is 0.102. The van der Waals surface area contributed by atoms with Crippen LogP contribution >= 0.6 is 0 Å². The smallest absolute Gasteiger partial charge is 0.255 e. The van der Waals surface area contributed by atoms with Crippen molar-refractivity contribution in [2.75, 3.05) is 18.5 Å². The topological polar surface area (TPSA) is 47.6 Å². The molecule has 4 nitrogen and oxygen atoms in total. The van der Waals surface area contributed by atoms with E-state index in [0.29, 0.717) is 24.7 Å². The number of nitrogens with one attached hydrogen (secondary N) is 1. The summed E-state index contributed by atoms with van der Waals surface area (Å²) >= 11 is 0. The molecule has 0 unspecified atom stereocenters. The first kappa shape index (κ1) is 19.8. The van der Waals surface area contributed by atoms with Gasteiger partial charge < -0.3 is 14.8 Å². The number of benzene rings is 2. The first-order valence-corrected chi connectivity index (χ1v) is 9.35. The lowest BCUT2D eigenvalue weighted by Gasteiger charge is -2.11. The maximum Gasteiger partial charge on any atom is 0.255 e. The van der Waals surface area contributed by atoms with Crippen molar-refractivity contribution in [1.82, 2.24) is 0 Å². The van der Waals surface area contributed by atoms with Crippen LogP contribution < -0.4 is 14.8 Å². The Bertz CT molecular complexity index is 680. The molecule has 1 amide bonds. The van der Waals surface area contributed by atoms with Crippen molar-refractivity contribution in [3.8, 4) is 11.5 Å². The molecular weight excluding hydrogens is 326 g/mol. The minimum absolute atomic E-state index is 0.149. The molecule has 2 aromatic carbocycles. The van der Waals surface area contributed by atoms with Gasteiger partial charge in [0.15, 0.2) is 0 Å². The van der Waals surface area contributed by atoms with Gasteiger partial charge in [-0.15, -0.1) is 0 Å². The second kappa shape index (κ2) is 10.5. The van der Waals surface area contributed by atoms with Crippen molar-refractivity contribution in [3.05, 3.63) is 54.1 Å². The normalized spacial score (nSPS) is 10.6. The number of carbonyl (C=O) groups is 1. The molecule has 0 spiro atoms. The van der Waals surface area contributed by atoms with Gasteiger partial charge in [-0.05, 0) is 48.7 Å². The molecule has 0 fully saturated rings. The third-order valence-corrected chi connectivity index (χ3v) is 3.81. The number of hydrogen-bond acceptors (Lipinski definition) is 3. The molecule has 26 heavy (non-hydrogen) atoms. The highest BCUT2D eigenvalue weighted by Crippen LogP contribution is 2.19. The Balaban J connectivity index is 1.90. The van der Waals surface area contributed by atoms with Crippen molar-refractivity contribution in [2.45, 2.75) is 40.0 Å². The van der Waals surface area contributed by atoms with Crippen molar-refractivity contribution in [2.24, 2.45) is 5.92 Å². The predicted molar refractivity (Wildman–Crippen MR) is 106 cm³/mol. The number of rotatable bonds is 10. The molecule has 0 aliphatic carbocycles. The van der Waals surface area contributed by atoms with Crippen molar-refractivity contribution >= 4 is 11.6 Å². The molecule has 1 N–H and O–H groups in total. The fourth-order valence-electron chi connectivity index (χ4n) is 2.37. The van der Waals surface area contributed by atoms with Gasteiger partial charge in [-0.25, -0.2) is 0 Å². The average molecular weight is 355 g/mol. The summed E-state index contributed by atoms with van der Waals surface area (Å²) in [4.78, 5) is 12.4. The molecule has 0 bridgehead atoms. The molecule has 140 valence electrons. The van der Waals surface area contributed by atoms with E-state index in [1.165, 1.54) is 12.8 Å². The summed E-state index contributed by atoms with van der Waals surface area (Å²) in [6.45, 7) is 7.73. The van der Waals surface area contributed by atoms with Gasteiger partial charge in [0.2, 0.25) is 0 Å². The fourth-order valence-corrected chi connectivity index (χ4v) is 2.37. The third kappa shape index (κ3) is 6.79. The van der Waals surface area contributed by atoms with Crippen LogP contribution in [0.3, 0.4) is 0 Å².